The first-order chi connectivity index (χ1) is 49.6. The molecule has 9 N–H and O–H groups in total. The largest absolute Gasteiger partial charge is 0.497 e. The van der Waals surface area contributed by atoms with E-state index in [2.05, 4.69) is 89.1 Å². The van der Waals surface area contributed by atoms with Crippen molar-refractivity contribution >= 4 is 46.1 Å². The van der Waals surface area contributed by atoms with E-state index >= 15 is 0 Å². The lowest BCUT2D eigenvalue weighted by atomic mass is 9.80. The van der Waals surface area contributed by atoms with Gasteiger partial charge in [0.1, 0.15) is 54.7 Å². The SMILES string of the molecule is CCCOP(OC[C@H]1O[C@@H](n2cnc3c(NC(=O)c4ccc(CNC(=O)OCC5c6ccccc6-c6ccccc65)cc4)ncnc32)CC1OP(OCCC)N(C(C)C)C(C)C)OC1C[C@H](n2cc(C)c(=O)[nH]c2=O)O[C@@H]1COC(c1ccccc1)(c1ccc(OC)cc1)c1ccc(OC)cc1.N.N. The van der Waals surface area contributed by atoms with Crippen molar-refractivity contribution in [3.63, 3.8) is 0 Å². The van der Waals surface area contributed by atoms with E-state index < -0.39 is 82.9 Å². The third-order valence-electron chi connectivity index (χ3n) is 18.2. The molecule has 6 aromatic carbocycles. The number of nitrogens with zero attached hydrogens (tertiary/aromatic N) is 6. The summed E-state index contributed by atoms with van der Waals surface area (Å²) in [7, 11) is -0.635. The first-order valence-corrected chi connectivity index (χ1v) is 36.7. The molecule has 552 valence electrons. The third kappa shape index (κ3) is 17.5. The number of aryl methyl sites for hydroxylation is 1. The second kappa shape index (κ2) is 35.9. The Hall–Kier alpha value is -8.69. The molecule has 2 amide bonds. The molecule has 26 nitrogen and oxygen atoms in total. The van der Waals surface area contributed by atoms with Crippen molar-refractivity contribution in [2.45, 2.75) is 141 Å². The first-order valence-electron chi connectivity index (χ1n) is 34.5. The molecule has 28 heteroatoms. The average Bonchev–Trinajstić information content (AvgIpc) is 1.75. The fourth-order valence-electron chi connectivity index (χ4n) is 13.2. The van der Waals surface area contributed by atoms with Gasteiger partial charge in [-0.3, -0.25) is 23.7 Å². The van der Waals surface area contributed by atoms with E-state index in [1.807, 2.05) is 110 Å². The number of H-pyrrole nitrogens is 1. The van der Waals surface area contributed by atoms with Crippen molar-refractivity contribution in [3.05, 3.63) is 236 Å². The second-order valence-electron chi connectivity index (χ2n) is 25.7. The number of ether oxygens (including phenoxy) is 6. The highest BCUT2D eigenvalue weighted by Crippen LogP contribution is 2.53. The number of aromatic amines is 1. The molecule has 2 aliphatic heterocycles. The molecule has 0 radical (unpaired) electrons. The van der Waals surface area contributed by atoms with Gasteiger partial charge in [-0.15, -0.1) is 0 Å². The minimum atomic E-state index is -2.22. The van der Waals surface area contributed by atoms with Crippen LogP contribution in [0.1, 0.15) is 135 Å². The molecule has 0 bridgehead atoms. The van der Waals surface area contributed by atoms with Crippen LogP contribution in [0.15, 0.2) is 180 Å². The van der Waals surface area contributed by atoms with E-state index in [9.17, 15) is 19.2 Å². The van der Waals surface area contributed by atoms with Gasteiger partial charge >= 0.3 is 20.4 Å². The monoisotopic (exact) mass is 1460 g/mol. The van der Waals surface area contributed by atoms with Crippen LogP contribution in [0, 0.1) is 6.92 Å². The van der Waals surface area contributed by atoms with Crippen LogP contribution in [0.5, 0.6) is 11.5 Å². The Labute approximate surface area is 607 Å². The zero-order valence-corrected chi connectivity index (χ0v) is 61.8. The smallest absolute Gasteiger partial charge is 0.407 e. The number of carbonyl (C=O) groups excluding carboxylic acids is 2. The number of fused-ring (bicyclic) bond motifs is 4. The number of rotatable bonds is 32. The number of benzene rings is 6. The first kappa shape index (κ1) is 77.9. The second-order valence-corrected chi connectivity index (χ2v) is 28.3. The van der Waals surface area contributed by atoms with Crippen LogP contribution < -0.4 is 43.7 Å². The standard InChI is InChI=1S/C76H87N9O15P2.2H3N/c1-10-37-94-101(85(48(3)4)49(5)6)99-63-39-68(84-47-80-69-70(78-46-79-71(69)84)81-73(87)52-27-25-51(26-28-52)41-77-75(89)92-43-62-60-23-17-15-21-58(60)59-22-16-18-24-61(59)62)98-66(63)45-96-102(95-38-11-2)100-64-40-67(83-42-50(7)72(86)82-74(83)88)97-65(64)44-93-76(53-19-13-12-14-20-53,54-29-33-56(90-8)34-30-54)55-31-35-57(91-9)36-32-55;;/h12-36,42,46-49,62-68H,10-11,37-41,43-45H2,1-9H3,(H,77,89)(H,82,86,88)(H,78,79,81,87);2*1H3/t63?,64?,65-,66-,67-,68-,101?,102?;;/m1../s1. The summed E-state index contributed by atoms with van der Waals surface area (Å²) in [4.78, 5) is 69.8. The van der Waals surface area contributed by atoms with E-state index in [0.29, 0.717) is 53.2 Å². The lowest BCUT2D eigenvalue weighted by Gasteiger charge is -2.37. The zero-order valence-electron chi connectivity index (χ0n) is 60.0. The van der Waals surface area contributed by atoms with Gasteiger partial charge in [-0.25, -0.2) is 29.2 Å². The topological polar surface area (TPSA) is 331 Å². The van der Waals surface area contributed by atoms with Crippen LogP contribution in [0.2, 0.25) is 0 Å². The lowest BCUT2D eigenvalue weighted by Crippen LogP contribution is -2.38. The predicted molar refractivity (Wildman–Crippen MR) is 397 cm³/mol. The molecule has 9 aromatic rings. The molecule has 104 heavy (non-hydrogen) atoms. The summed E-state index contributed by atoms with van der Waals surface area (Å²) >= 11 is 0. The van der Waals surface area contributed by atoms with Crippen molar-refractivity contribution in [2.75, 3.05) is 52.6 Å². The number of aromatic nitrogens is 6. The summed E-state index contributed by atoms with van der Waals surface area (Å²) in [6.45, 7) is 15.0. The molecule has 1 aliphatic carbocycles. The molecule has 8 atom stereocenters. The summed E-state index contributed by atoms with van der Waals surface area (Å²) in [5.74, 6) is 0.996. The van der Waals surface area contributed by atoms with E-state index in [1.54, 1.807) is 56.3 Å². The van der Waals surface area contributed by atoms with Gasteiger partial charge in [0.05, 0.1) is 59.2 Å². The average molecular weight is 1460 g/mol. The number of methoxy groups -OCH3 is 2. The van der Waals surface area contributed by atoms with Crippen molar-refractivity contribution < 1.29 is 60.6 Å². The van der Waals surface area contributed by atoms with Crippen molar-refractivity contribution in [2.24, 2.45) is 0 Å². The van der Waals surface area contributed by atoms with Crippen LogP contribution in [0.3, 0.4) is 0 Å². The van der Waals surface area contributed by atoms with Gasteiger partial charge < -0.3 is 74.0 Å². The normalized spacial score (nSPS) is 18.4. The Morgan fingerprint density at radius 2 is 1.23 bits per heavy atom. The predicted octanol–water partition coefficient (Wildman–Crippen LogP) is 14.1. The van der Waals surface area contributed by atoms with Crippen LogP contribution in [0.25, 0.3) is 22.3 Å². The van der Waals surface area contributed by atoms with Gasteiger partial charge in [0.25, 0.3) is 20.0 Å². The Balaban J connectivity index is 0.00000580. The minimum Gasteiger partial charge on any atom is -0.497 e. The number of alkyl carbamates (subject to hydrolysis) is 1. The Kier molecular flexibility index (Phi) is 26.9. The van der Waals surface area contributed by atoms with Gasteiger partial charge in [0.15, 0.2) is 17.0 Å². The maximum Gasteiger partial charge on any atom is 0.407 e. The van der Waals surface area contributed by atoms with E-state index in [4.69, 9.17) is 56.0 Å². The van der Waals surface area contributed by atoms with Gasteiger partial charge in [-0.2, -0.15) is 0 Å². The summed E-state index contributed by atoms with van der Waals surface area (Å²) in [6.07, 6.45) is 1.02. The Morgan fingerprint density at radius 3 is 1.84 bits per heavy atom. The molecule has 3 aliphatic rings. The maximum atomic E-state index is 14.0. The molecule has 5 heterocycles. The number of nitrogens with one attached hydrogen (secondary N) is 3. The number of amides is 2. The Bertz CT molecular complexity index is 4320. The van der Waals surface area contributed by atoms with Crippen LogP contribution in [0.4, 0.5) is 10.6 Å². The van der Waals surface area contributed by atoms with Gasteiger partial charge in [0.2, 0.25) is 0 Å². The fourth-order valence-corrected chi connectivity index (χ4v) is 16.3. The third-order valence-corrected chi connectivity index (χ3v) is 21.5. The van der Waals surface area contributed by atoms with Crippen LogP contribution in [-0.2, 0) is 53.7 Å². The number of carbonyl (C=O) groups is 2. The molecule has 4 unspecified atom stereocenters. The number of anilines is 1. The van der Waals surface area contributed by atoms with E-state index in [0.717, 1.165) is 50.9 Å². The summed E-state index contributed by atoms with van der Waals surface area (Å²) in [5.41, 5.74) is 6.68. The fraction of sp³-hybridized carbons (Fsp3) is 0.382. The molecule has 3 aromatic heterocycles. The van der Waals surface area contributed by atoms with Crippen molar-refractivity contribution in [1.29, 1.82) is 0 Å². The summed E-state index contributed by atoms with van der Waals surface area (Å²) in [5, 5.41) is 5.78. The Morgan fingerprint density at radius 1 is 0.663 bits per heavy atom. The molecular weight excluding hydrogens is 1370 g/mol. The number of hydrogen-bond acceptors (Lipinski definition) is 21. The highest BCUT2D eigenvalue weighted by atomic mass is 31.2. The highest BCUT2D eigenvalue weighted by molar-refractivity contribution is 7.44. The van der Waals surface area contributed by atoms with Crippen LogP contribution in [-0.4, -0.2) is 129 Å². The quantitative estimate of drug-likeness (QED) is 0.0193. The number of hydrogen-bond donors (Lipinski definition) is 5. The summed E-state index contributed by atoms with van der Waals surface area (Å²) in [6, 6.07) is 48.6. The molecular formula is C76H93N11O15P2. The number of imidazole rings is 1. The lowest BCUT2D eigenvalue weighted by molar-refractivity contribution is -0.0939. The molecule has 0 saturated carbocycles. The van der Waals surface area contributed by atoms with Crippen molar-refractivity contribution in [3.8, 4) is 22.6 Å². The zero-order chi connectivity index (χ0) is 71.4. The van der Waals surface area contributed by atoms with E-state index in [-0.39, 0.29) is 75.5 Å². The molecule has 2 saturated heterocycles. The van der Waals surface area contributed by atoms with Crippen molar-refractivity contribution in [1.82, 2.24) is 51.4 Å². The van der Waals surface area contributed by atoms with Crippen LogP contribution >= 0.6 is 17.1 Å². The molecule has 0 spiro atoms. The van der Waals surface area contributed by atoms with Gasteiger partial charge in [-0.1, -0.05) is 129 Å². The minimum absolute atomic E-state index is 0. The summed E-state index contributed by atoms with van der Waals surface area (Å²) < 4.78 is 77.8. The molecule has 2 fully saturated rings. The van der Waals surface area contributed by atoms with Gasteiger partial charge in [-0.05, 0) is 128 Å². The van der Waals surface area contributed by atoms with Gasteiger partial charge in [0, 0.05) is 54.7 Å². The highest BCUT2D eigenvalue weighted by Gasteiger charge is 2.47. The maximum absolute atomic E-state index is 14.0. The van der Waals surface area contributed by atoms with E-state index in [1.165, 1.54) is 17.1 Å². The molecule has 12 rings (SSSR count).